The number of rotatable bonds is 12. The largest absolute Gasteiger partial charge is 0.385 e. The first-order valence-corrected chi connectivity index (χ1v) is 16.5. The number of benzene rings is 2. The van der Waals surface area contributed by atoms with E-state index in [0.29, 0.717) is 43.8 Å². The minimum absolute atomic E-state index is 0. The zero-order chi connectivity index (χ0) is 30.7. The van der Waals surface area contributed by atoms with Crippen LogP contribution < -0.4 is 5.32 Å². The maximum Gasteiger partial charge on any atom is 0.230 e. The Labute approximate surface area is 300 Å². The maximum atomic E-state index is 14.5. The summed E-state index contributed by atoms with van der Waals surface area (Å²) in [6.45, 7) is 6.79. The minimum Gasteiger partial charge on any atom is -0.385 e. The van der Waals surface area contributed by atoms with Gasteiger partial charge in [0.05, 0.1) is 25.7 Å². The maximum absolute atomic E-state index is 14.5. The highest BCUT2D eigenvalue weighted by Crippen LogP contribution is 2.48. The van der Waals surface area contributed by atoms with Gasteiger partial charge in [-0.3, -0.25) is 9.69 Å². The van der Waals surface area contributed by atoms with Crippen molar-refractivity contribution in [3.63, 3.8) is 0 Å². The molecule has 2 atom stereocenters. The Kier molecular flexibility index (Phi) is 15.5. The molecule has 3 aliphatic heterocycles. The Morgan fingerprint density at radius 2 is 1.79 bits per heavy atom. The first kappa shape index (κ1) is 40.2. The van der Waals surface area contributed by atoms with E-state index in [1.54, 1.807) is 7.11 Å². The Hall–Kier alpha value is -1.27. The molecule has 13 heteroatoms. The molecule has 0 aromatic heterocycles. The number of nitrogens with one attached hydrogen (secondary N) is 1. The second-order valence-electron chi connectivity index (χ2n) is 12.7. The molecule has 1 N–H and O–H groups in total. The summed E-state index contributed by atoms with van der Waals surface area (Å²) in [5, 5.41) is 4.10. The summed E-state index contributed by atoms with van der Waals surface area (Å²) in [5.74, 6) is -2.37. The number of carbonyl (C=O) groups excluding carboxylic acids is 1. The normalized spacial score (nSPS) is 22.2. The van der Waals surface area contributed by atoms with Crippen LogP contribution in [0, 0.1) is 17.6 Å². The number of aryl methyl sites for hydroxylation is 2. The van der Waals surface area contributed by atoms with Crippen molar-refractivity contribution >= 4 is 54.7 Å². The lowest BCUT2D eigenvalue weighted by molar-refractivity contribution is -0.157. The number of piperidine rings is 1. The number of amides is 1. The van der Waals surface area contributed by atoms with Gasteiger partial charge in [0.15, 0.2) is 11.6 Å². The van der Waals surface area contributed by atoms with Crippen molar-refractivity contribution in [1.29, 1.82) is 0 Å². The molecule has 0 radical (unpaired) electrons. The summed E-state index contributed by atoms with van der Waals surface area (Å²) in [6.07, 6.45) is 6.02. The molecule has 2 saturated heterocycles. The van der Waals surface area contributed by atoms with Gasteiger partial charge in [-0.1, -0.05) is 23.7 Å². The Bertz CT molecular complexity index is 1350. The Morgan fingerprint density at radius 1 is 1.06 bits per heavy atom. The predicted molar refractivity (Wildman–Crippen MR) is 186 cm³/mol. The van der Waals surface area contributed by atoms with Crippen molar-refractivity contribution < 1.29 is 27.8 Å². The summed E-state index contributed by atoms with van der Waals surface area (Å²) >= 11 is 7.13. The second-order valence-corrected chi connectivity index (χ2v) is 13.1. The van der Waals surface area contributed by atoms with Crippen molar-refractivity contribution in [2.24, 2.45) is 5.92 Å². The molecule has 0 unspecified atom stereocenters. The minimum atomic E-state index is -0.976. The van der Waals surface area contributed by atoms with Crippen molar-refractivity contribution in [2.75, 3.05) is 59.7 Å². The fourth-order valence-corrected chi connectivity index (χ4v) is 7.45. The van der Waals surface area contributed by atoms with E-state index >= 15 is 0 Å². The highest BCUT2D eigenvalue weighted by atomic mass is 35.5. The van der Waals surface area contributed by atoms with E-state index in [1.807, 2.05) is 4.90 Å². The third-order valence-electron chi connectivity index (χ3n) is 9.70. The topological polar surface area (TPSA) is 63.3 Å². The molecule has 1 aliphatic carbocycles. The standard InChI is InChI=1S/C34H44ClF2N3O4.3ClH/c1-42-13-3-4-23-16-24(5-2-10-39-11-14-43-15-12-39)32(35)25(17-23)21-40(27-6-7-27)33(41)29-20-38-9-8-34(29)28-19-31(37)30(36)18-26(28)22-44-34;;;/h16-19,27,29,38H,2-15,20-22H2,1H3;3*1H/t29-,34+;;;/m1.../s1. The zero-order valence-electron chi connectivity index (χ0n) is 26.9. The van der Waals surface area contributed by atoms with Crippen LogP contribution >= 0.6 is 48.8 Å². The molecule has 4 aliphatic rings. The van der Waals surface area contributed by atoms with E-state index < -0.39 is 23.2 Å². The van der Waals surface area contributed by atoms with Crippen LogP contribution in [0.25, 0.3) is 0 Å². The summed E-state index contributed by atoms with van der Waals surface area (Å²) < 4.78 is 45.7. The van der Waals surface area contributed by atoms with Gasteiger partial charge in [-0.25, -0.2) is 8.78 Å². The average molecular weight is 742 g/mol. The summed E-state index contributed by atoms with van der Waals surface area (Å²) in [5.41, 5.74) is 3.53. The van der Waals surface area contributed by atoms with Crippen LogP contribution in [-0.2, 0) is 50.6 Å². The van der Waals surface area contributed by atoms with Crippen molar-refractivity contribution in [3.05, 3.63) is 68.7 Å². The van der Waals surface area contributed by atoms with E-state index in [1.165, 1.54) is 17.7 Å². The van der Waals surface area contributed by atoms with Crippen LogP contribution in [0.4, 0.5) is 8.78 Å². The zero-order valence-corrected chi connectivity index (χ0v) is 30.1. The van der Waals surface area contributed by atoms with E-state index in [4.69, 9.17) is 25.8 Å². The highest BCUT2D eigenvalue weighted by molar-refractivity contribution is 6.32. The number of hydrogen-bond donors (Lipinski definition) is 1. The van der Waals surface area contributed by atoms with Gasteiger partial charge in [-0.15, -0.1) is 37.2 Å². The molecule has 3 fully saturated rings. The molecule has 47 heavy (non-hydrogen) atoms. The summed E-state index contributed by atoms with van der Waals surface area (Å²) in [7, 11) is 1.72. The molecule has 6 rings (SSSR count). The number of carbonyl (C=O) groups is 1. The molecular weight excluding hydrogens is 694 g/mol. The molecule has 2 aromatic carbocycles. The van der Waals surface area contributed by atoms with Crippen LogP contribution in [0.2, 0.25) is 5.02 Å². The summed E-state index contributed by atoms with van der Waals surface area (Å²) in [4.78, 5) is 18.9. The molecule has 1 saturated carbocycles. The fourth-order valence-electron chi connectivity index (χ4n) is 7.19. The molecule has 7 nitrogen and oxygen atoms in total. The smallest absolute Gasteiger partial charge is 0.230 e. The Morgan fingerprint density at radius 3 is 2.51 bits per heavy atom. The van der Waals surface area contributed by atoms with Crippen LogP contribution in [0.5, 0.6) is 0 Å². The van der Waals surface area contributed by atoms with E-state index in [2.05, 4.69) is 22.3 Å². The van der Waals surface area contributed by atoms with Crippen LogP contribution in [-0.4, -0.2) is 81.4 Å². The van der Waals surface area contributed by atoms with Crippen LogP contribution in [0.15, 0.2) is 24.3 Å². The predicted octanol–water partition coefficient (Wildman–Crippen LogP) is 6.25. The second kappa shape index (κ2) is 18.1. The molecular formula is C34H47Cl4F2N3O4. The molecule has 1 amide bonds. The van der Waals surface area contributed by atoms with Crippen molar-refractivity contribution in [2.45, 2.75) is 69.7 Å². The van der Waals surface area contributed by atoms with E-state index in [-0.39, 0.29) is 55.8 Å². The van der Waals surface area contributed by atoms with Gasteiger partial charge in [0, 0.05) is 51.0 Å². The van der Waals surface area contributed by atoms with Gasteiger partial charge in [-0.05, 0) is 98.0 Å². The van der Waals surface area contributed by atoms with Crippen LogP contribution in [0.3, 0.4) is 0 Å². The van der Waals surface area contributed by atoms with Gasteiger partial charge in [0.2, 0.25) is 5.91 Å². The van der Waals surface area contributed by atoms with Gasteiger partial charge < -0.3 is 24.4 Å². The number of fused-ring (bicyclic) bond motifs is 2. The van der Waals surface area contributed by atoms with E-state index in [9.17, 15) is 13.6 Å². The Balaban J connectivity index is 0.00000200. The molecule has 3 heterocycles. The SMILES string of the molecule is COCCCc1cc(CCCN2CCOCC2)c(Cl)c(CN(C(=O)[C@H]2CNCC[C@@]23OCc2cc(F)c(F)cc23)C2CC2)c1.Cl.Cl.Cl. The third-order valence-corrected chi connectivity index (χ3v) is 10.2. The molecule has 264 valence electrons. The third kappa shape index (κ3) is 9.10. The molecule has 2 aromatic rings. The van der Waals surface area contributed by atoms with Gasteiger partial charge in [0.25, 0.3) is 0 Å². The lowest BCUT2D eigenvalue weighted by Gasteiger charge is -2.43. The van der Waals surface area contributed by atoms with Crippen LogP contribution in [0.1, 0.15) is 59.9 Å². The monoisotopic (exact) mass is 739 g/mol. The number of morpholine rings is 1. The number of hydrogen-bond acceptors (Lipinski definition) is 6. The first-order valence-electron chi connectivity index (χ1n) is 16.1. The first-order chi connectivity index (χ1) is 21.4. The average Bonchev–Trinajstić information content (AvgIpc) is 3.82. The number of halogens is 6. The van der Waals surface area contributed by atoms with Gasteiger partial charge in [0.1, 0.15) is 5.60 Å². The number of nitrogens with zero attached hydrogens (tertiary/aromatic N) is 2. The summed E-state index contributed by atoms with van der Waals surface area (Å²) in [6, 6.07) is 6.97. The fraction of sp³-hybridized carbons (Fsp3) is 0.618. The highest BCUT2D eigenvalue weighted by Gasteiger charge is 2.53. The number of ether oxygens (including phenoxy) is 3. The number of methoxy groups -OCH3 is 1. The lowest BCUT2D eigenvalue weighted by Crippen LogP contribution is -2.55. The van der Waals surface area contributed by atoms with Crippen molar-refractivity contribution in [1.82, 2.24) is 15.1 Å². The van der Waals surface area contributed by atoms with E-state index in [0.717, 1.165) is 87.5 Å². The van der Waals surface area contributed by atoms with Gasteiger partial charge in [-0.2, -0.15) is 0 Å². The molecule has 0 bridgehead atoms. The van der Waals surface area contributed by atoms with Crippen molar-refractivity contribution in [3.8, 4) is 0 Å². The van der Waals surface area contributed by atoms with Gasteiger partial charge >= 0.3 is 0 Å². The molecule has 1 spiro atoms. The quantitative estimate of drug-likeness (QED) is 0.260. The lowest BCUT2D eigenvalue weighted by atomic mass is 9.75.